The quantitative estimate of drug-likeness (QED) is 0.694. The Morgan fingerprint density at radius 3 is 2.00 bits per heavy atom. The van der Waals surface area contributed by atoms with Gasteiger partial charge in [0, 0.05) is 6.54 Å². The first-order valence-corrected chi connectivity index (χ1v) is 4.08. The summed E-state index contributed by atoms with van der Waals surface area (Å²) < 4.78 is 35.9. The van der Waals surface area contributed by atoms with Crippen LogP contribution in [0, 0.1) is 5.41 Å². The first-order valence-electron chi connectivity index (χ1n) is 4.08. The highest BCUT2D eigenvalue weighted by Crippen LogP contribution is 2.24. The number of alkyl halides is 3. The van der Waals surface area contributed by atoms with Crippen molar-refractivity contribution in [1.29, 1.82) is 0 Å². The molecule has 1 amide bonds. The van der Waals surface area contributed by atoms with E-state index in [9.17, 15) is 18.0 Å². The fourth-order valence-electron chi connectivity index (χ4n) is 0.581. The molecule has 0 atom stereocenters. The van der Waals surface area contributed by atoms with E-state index < -0.39 is 17.7 Å². The van der Waals surface area contributed by atoms with Crippen LogP contribution in [0.3, 0.4) is 0 Å². The SMILES string of the molecule is C=C(C(=O)NCC(C)(C)C)C(F)(F)F. The van der Waals surface area contributed by atoms with E-state index in [1.165, 1.54) is 0 Å². The summed E-state index contributed by atoms with van der Waals surface area (Å²) in [6.45, 7) is 8.30. The number of carbonyl (C=O) groups is 1. The lowest BCUT2D eigenvalue weighted by molar-refractivity contribution is -0.130. The molecule has 0 rings (SSSR count). The number of hydrogen-bond donors (Lipinski definition) is 1. The van der Waals surface area contributed by atoms with Crippen molar-refractivity contribution in [2.45, 2.75) is 26.9 Å². The van der Waals surface area contributed by atoms with Crippen LogP contribution in [0.4, 0.5) is 13.2 Å². The van der Waals surface area contributed by atoms with E-state index in [1.807, 2.05) is 20.8 Å². The van der Waals surface area contributed by atoms with E-state index in [0.717, 1.165) is 0 Å². The standard InChI is InChI=1S/C9H14F3NO/c1-6(9(10,11)12)7(14)13-5-8(2,3)4/h1,5H2,2-4H3,(H,13,14). The van der Waals surface area contributed by atoms with Gasteiger partial charge in [-0.15, -0.1) is 0 Å². The van der Waals surface area contributed by atoms with E-state index in [0.29, 0.717) is 0 Å². The Balaban J connectivity index is 4.19. The maximum absolute atomic E-state index is 12.0. The fourth-order valence-corrected chi connectivity index (χ4v) is 0.581. The van der Waals surface area contributed by atoms with E-state index in [-0.39, 0.29) is 12.0 Å². The molecular formula is C9H14F3NO. The van der Waals surface area contributed by atoms with Gasteiger partial charge in [-0.3, -0.25) is 4.79 Å². The third kappa shape index (κ3) is 4.89. The first kappa shape index (κ1) is 13.0. The summed E-state index contributed by atoms with van der Waals surface area (Å²) in [6, 6.07) is 0. The van der Waals surface area contributed by atoms with Gasteiger partial charge >= 0.3 is 6.18 Å². The van der Waals surface area contributed by atoms with Crippen molar-refractivity contribution in [2.24, 2.45) is 5.41 Å². The van der Waals surface area contributed by atoms with Gasteiger partial charge in [-0.1, -0.05) is 27.4 Å². The third-order valence-electron chi connectivity index (χ3n) is 1.40. The molecule has 0 aliphatic heterocycles. The fraction of sp³-hybridized carbons (Fsp3) is 0.667. The van der Waals surface area contributed by atoms with Gasteiger partial charge in [0.25, 0.3) is 5.91 Å². The minimum atomic E-state index is -4.65. The molecule has 0 spiro atoms. The van der Waals surface area contributed by atoms with Crippen LogP contribution in [0.15, 0.2) is 12.2 Å². The Kier molecular flexibility index (Phi) is 3.73. The summed E-state index contributed by atoms with van der Waals surface area (Å²) in [4.78, 5) is 10.9. The van der Waals surface area contributed by atoms with Gasteiger partial charge in [0.05, 0.1) is 0 Å². The first-order chi connectivity index (χ1) is 6.04. The predicted octanol–water partition coefficient (Wildman–Crippen LogP) is 2.27. The molecule has 0 aromatic rings. The monoisotopic (exact) mass is 209 g/mol. The smallest absolute Gasteiger partial charge is 0.352 e. The zero-order valence-corrected chi connectivity index (χ0v) is 8.46. The Bertz CT molecular complexity index is 237. The van der Waals surface area contributed by atoms with Crippen molar-refractivity contribution < 1.29 is 18.0 Å². The zero-order chi connectivity index (χ0) is 11.6. The molecule has 0 bridgehead atoms. The van der Waals surface area contributed by atoms with Crippen molar-refractivity contribution in [2.75, 3.05) is 6.54 Å². The van der Waals surface area contributed by atoms with Gasteiger partial charge in [0.2, 0.25) is 0 Å². The number of amides is 1. The van der Waals surface area contributed by atoms with Crippen molar-refractivity contribution in [1.82, 2.24) is 5.32 Å². The highest BCUT2D eigenvalue weighted by atomic mass is 19.4. The van der Waals surface area contributed by atoms with Gasteiger partial charge in [-0.2, -0.15) is 13.2 Å². The molecule has 0 saturated carbocycles. The number of carbonyl (C=O) groups excluding carboxylic acids is 1. The lowest BCUT2D eigenvalue weighted by Crippen LogP contribution is -2.36. The summed E-state index contributed by atoms with van der Waals surface area (Å²) in [5, 5.41) is 2.17. The molecule has 0 aromatic carbocycles. The van der Waals surface area contributed by atoms with E-state index >= 15 is 0 Å². The van der Waals surface area contributed by atoms with E-state index in [1.54, 1.807) is 0 Å². The molecule has 0 fully saturated rings. The molecule has 0 radical (unpaired) electrons. The zero-order valence-electron chi connectivity index (χ0n) is 8.46. The van der Waals surface area contributed by atoms with Gasteiger partial charge in [-0.25, -0.2) is 0 Å². The molecule has 0 unspecified atom stereocenters. The summed E-state index contributed by atoms with van der Waals surface area (Å²) in [6.07, 6.45) is -4.65. The molecule has 0 saturated heterocycles. The third-order valence-corrected chi connectivity index (χ3v) is 1.40. The largest absolute Gasteiger partial charge is 0.421 e. The molecule has 0 heterocycles. The second-order valence-electron chi connectivity index (χ2n) is 4.22. The molecule has 5 heteroatoms. The average molecular weight is 209 g/mol. The van der Waals surface area contributed by atoms with Crippen LogP contribution in [0.2, 0.25) is 0 Å². The minimum absolute atomic E-state index is 0.181. The molecule has 14 heavy (non-hydrogen) atoms. The topological polar surface area (TPSA) is 29.1 Å². The Morgan fingerprint density at radius 1 is 1.29 bits per heavy atom. The van der Waals surface area contributed by atoms with E-state index in [4.69, 9.17) is 0 Å². The molecule has 82 valence electrons. The van der Waals surface area contributed by atoms with Crippen LogP contribution in [0.1, 0.15) is 20.8 Å². The van der Waals surface area contributed by atoms with Crippen molar-refractivity contribution >= 4 is 5.91 Å². The minimum Gasteiger partial charge on any atom is -0.352 e. The number of hydrogen-bond acceptors (Lipinski definition) is 1. The van der Waals surface area contributed by atoms with Crippen LogP contribution in [-0.2, 0) is 4.79 Å². The van der Waals surface area contributed by atoms with Crippen LogP contribution in [0.25, 0.3) is 0 Å². The molecule has 1 N–H and O–H groups in total. The highest BCUT2D eigenvalue weighted by Gasteiger charge is 2.36. The molecule has 0 aliphatic carbocycles. The van der Waals surface area contributed by atoms with Gasteiger partial charge in [0.15, 0.2) is 0 Å². The summed E-state index contributed by atoms with van der Waals surface area (Å²) in [5.41, 5.74) is -1.61. The highest BCUT2D eigenvalue weighted by molar-refractivity contribution is 5.93. The number of halogens is 3. The van der Waals surface area contributed by atoms with Gasteiger partial charge in [-0.05, 0) is 5.41 Å². The molecule has 0 aromatic heterocycles. The summed E-state index contributed by atoms with van der Waals surface area (Å²) in [7, 11) is 0. The number of nitrogens with one attached hydrogen (secondary N) is 1. The Morgan fingerprint density at radius 2 is 1.71 bits per heavy atom. The van der Waals surface area contributed by atoms with Crippen molar-refractivity contribution in [3.63, 3.8) is 0 Å². The average Bonchev–Trinajstić information content (AvgIpc) is 1.95. The lowest BCUT2D eigenvalue weighted by Gasteiger charge is -2.19. The lowest BCUT2D eigenvalue weighted by atomic mass is 9.97. The normalized spacial score (nSPS) is 12.4. The summed E-state index contributed by atoms with van der Waals surface area (Å²) in [5.74, 6) is -1.16. The second kappa shape index (κ2) is 4.02. The Labute approximate surface area is 81.2 Å². The maximum atomic E-state index is 12.0. The molecule has 0 aliphatic rings. The van der Waals surface area contributed by atoms with Crippen LogP contribution < -0.4 is 5.32 Å². The number of rotatable bonds is 2. The van der Waals surface area contributed by atoms with Gasteiger partial charge < -0.3 is 5.32 Å². The molecular weight excluding hydrogens is 195 g/mol. The Hall–Kier alpha value is -1.00. The van der Waals surface area contributed by atoms with E-state index in [2.05, 4.69) is 11.9 Å². The van der Waals surface area contributed by atoms with Crippen molar-refractivity contribution in [3.05, 3.63) is 12.2 Å². The van der Waals surface area contributed by atoms with Crippen LogP contribution >= 0.6 is 0 Å². The maximum Gasteiger partial charge on any atom is 0.421 e. The second-order valence-corrected chi connectivity index (χ2v) is 4.22. The predicted molar refractivity (Wildman–Crippen MR) is 47.7 cm³/mol. The molecule has 2 nitrogen and oxygen atoms in total. The van der Waals surface area contributed by atoms with Crippen LogP contribution in [0.5, 0.6) is 0 Å². The van der Waals surface area contributed by atoms with Crippen LogP contribution in [-0.4, -0.2) is 18.6 Å². The van der Waals surface area contributed by atoms with Gasteiger partial charge in [0.1, 0.15) is 5.57 Å². The summed E-state index contributed by atoms with van der Waals surface area (Å²) >= 11 is 0. The van der Waals surface area contributed by atoms with Crippen molar-refractivity contribution in [3.8, 4) is 0 Å².